The van der Waals surface area contributed by atoms with E-state index in [4.69, 9.17) is 9.47 Å². The van der Waals surface area contributed by atoms with E-state index in [1.807, 2.05) is 38.4 Å². The summed E-state index contributed by atoms with van der Waals surface area (Å²) in [5.41, 5.74) is 3.57. The van der Waals surface area contributed by atoms with E-state index in [-0.39, 0.29) is 11.5 Å². The maximum absolute atomic E-state index is 13.0. The first kappa shape index (κ1) is 22.2. The fourth-order valence-electron chi connectivity index (χ4n) is 5.65. The van der Waals surface area contributed by atoms with Crippen LogP contribution in [0.2, 0.25) is 0 Å². The molecule has 2 fully saturated rings. The third-order valence-electron chi connectivity index (χ3n) is 7.08. The van der Waals surface area contributed by atoms with Crippen LogP contribution in [0.15, 0.2) is 36.8 Å². The summed E-state index contributed by atoms with van der Waals surface area (Å²) in [4.78, 5) is 23.6. The summed E-state index contributed by atoms with van der Waals surface area (Å²) in [6, 6.07) is 9.65. The van der Waals surface area contributed by atoms with Gasteiger partial charge in [0.15, 0.2) is 0 Å². The van der Waals surface area contributed by atoms with E-state index in [9.17, 15) is 10.1 Å². The molecular formula is C26H29N5O3. The zero-order valence-electron chi connectivity index (χ0n) is 19.9. The van der Waals surface area contributed by atoms with E-state index in [0.717, 1.165) is 54.5 Å². The summed E-state index contributed by atoms with van der Waals surface area (Å²) in [7, 11) is 0. The molecule has 1 aliphatic heterocycles. The maximum atomic E-state index is 13.0. The summed E-state index contributed by atoms with van der Waals surface area (Å²) in [5, 5.41) is 9.30. The zero-order valence-corrected chi connectivity index (χ0v) is 19.9. The lowest BCUT2D eigenvalue weighted by molar-refractivity contribution is -0.0264. The van der Waals surface area contributed by atoms with Crippen molar-refractivity contribution in [2.24, 2.45) is 5.41 Å². The van der Waals surface area contributed by atoms with Crippen LogP contribution in [-0.2, 0) is 11.3 Å². The Kier molecular flexibility index (Phi) is 5.43. The standard InChI is InChI=1S/C26H29N5O3/c1-4-33-23-10-18(2)22(13-28-23)31-16-26(34-24(31)32)9-5-8-25(3,14-26)15-30-17-29-20-7-6-19(12-27)11-21(20)30/h6-7,10-11,13,17H,4-5,8-9,14-16H2,1-3H3/t25-,26-/m0/s1. The number of pyridine rings is 1. The molecule has 1 saturated heterocycles. The van der Waals surface area contributed by atoms with Gasteiger partial charge in [-0.05, 0) is 68.7 Å². The summed E-state index contributed by atoms with van der Waals surface area (Å²) in [6.07, 6.45) is 6.86. The van der Waals surface area contributed by atoms with Gasteiger partial charge in [-0.25, -0.2) is 14.8 Å². The van der Waals surface area contributed by atoms with Gasteiger partial charge in [-0.15, -0.1) is 0 Å². The molecule has 2 aromatic heterocycles. The molecule has 1 spiro atoms. The first-order valence-electron chi connectivity index (χ1n) is 11.8. The highest BCUT2D eigenvalue weighted by Crippen LogP contribution is 2.48. The molecule has 8 heteroatoms. The van der Waals surface area contributed by atoms with E-state index in [2.05, 4.69) is 27.5 Å². The number of benzene rings is 1. The first-order valence-corrected chi connectivity index (χ1v) is 11.8. The molecule has 0 N–H and O–H groups in total. The van der Waals surface area contributed by atoms with Crippen LogP contribution in [0.25, 0.3) is 11.0 Å². The number of aryl methyl sites for hydroxylation is 1. The van der Waals surface area contributed by atoms with Gasteiger partial charge < -0.3 is 14.0 Å². The van der Waals surface area contributed by atoms with E-state index in [1.165, 1.54) is 0 Å². The lowest BCUT2D eigenvalue weighted by Gasteiger charge is -2.43. The smallest absolute Gasteiger partial charge is 0.415 e. The number of carbonyl (C=O) groups excluding carboxylic acids is 1. The Bertz CT molecular complexity index is 1300. The maximum Gasteiger partial charge on any atom is 0.415 e. The van der Waals surface area contributed by atoms with Gasteiger partial charge in [0.25, 0.3) is 0 Å². The largest absolute Gasteiger partial charge is 0.478 e. The number of carbonyl (C=O) groups is 1. The van der Waals surface area contributed by atoms with Crippen LogP contribution in [0.4, 0.5) is 10.5 Å². The third-order valence-corrected chi connectivity index (χ3v) is 7.08. The molecule has 1 aromatic carbocycles. The van der Waals surface area contributed by atoms with Gasteiger partial charge in [-0.1, -0.05) is 6.92 Å². The van der Waals surface area contributed by atoms with Crippen LogP contribution in [0, 0.1) is 23.7 Å². The summed E-state index contributed by atoms with van der Waals surface area (Å²) < 4.78 is 13.7. The van der Waals surface area contributed by atoms with Crippen molar-refractivity contribution in [1.29, 1.82) is 5.26 Å². The molecule has 34 heavy (non-hydrogen) atoms. The molecule has 3 heterocycles. The van der Waals surface area contributed by atoms with Gasteiger partial charge in [-0.2, -0.15) is 5.26 Å². The molecule has 1 aliphatic carbocycles. The van der Waals surface area contributed by atoms with Crippen molar-refractivity contribution < 1.29 is 14.3 Å². The topological polar surface area (TPSA) is 93.3 Å². The summed E-state index contributed by atoms with van der Waals surface area (Å²) >= 11 is 0. The Morgan fingerprint density at radius 3 is 2.88 bits per heavy atom. The molecule has 176 valence electrons. The molecule has 0 radical (unpaired) electrons. The number of nitriles is 1. The molecule has 5 rings (SSSR count). The quantitative estimate of drug-likeness (QED) is 0.534. The Morgan fingerprint density at radius 2 is 2.12 bits per heavy atom. The van der Waals surface area contributed by atoms with Crippen LogP contribution in [0.3, 0.4) is 0 Å². The number of nitrogens with zero attached hydrogens (tertiary/aromatic N) is 5. The lowest BCUT2D eigenvalue weighted by atomic mass is 9.68. The first-order chi connectivity index (χ1) is 16.3. The van der Waals surface area contributed by atoms with Gasteiger partial charge in [0.2, 0.25) is 5.88 Å². The fraction of sp³-hybridized carbons (Fsp3) is 0.462. The van der Waals surface area contributed by atoms with Crippen LogP contribution >= 0.6 is 0 Å². The highest BCUT2D eigenvalue weighted by molar-refractivity contribution is 5.91. The normalized spacial score (nSPS) is 24.4. The molecule has 3 aromatic rings. The van der Waals surface area contributed by atoms with E-state index in [1.54, 1.807) is 17.2 Å². The predicted octanol–water partition coefficient (Wildman–Crippen LogP) is 4.99. The van der Waals surface area contributed by atoms with Gasteiger partial charge in [-0.3, -0.25) is 4.90 Å². The van der Waals surface area contributed by atoms with Gasteiger partial charge in [0.05, 0.1) is 54.0 Å². The molecule has 0 bridgehead atoms. The Balaban J connectivity index is 1.38. The second-order valence-electron chi connectivity index (χ2n) is 9.91. The van der Waals surface area contributed by atoms with Gasteiger partial charge >= 0.3 is 6.09 Å². The average Bonchev–Trinajstić information content (AvgIpc) is 3.33. The lowest BCUT2D eigenvalue weighted by Crippen LogP contribution is -2.45. The van der Waals surface area contributed by atoms with E-state index >= 15 is 0 Å². The second-order valence-corrected chi connectivity index (χ2v) is 9.91. The summed E-state index contributed by atoms with van der Waals surface area (Å²) in [6.45, 7) is 7.95. The van der Waals surface area contributed by atoms with Crippen molar-refractivity contribution >= 4 is 22.8 Å². The van der Waals surface area contributed by atoms with Crippen molar-refractivity contribution in [3.05, 3.63) is 47.9 Å². The molecule has 2 atom stereocenters. The third kappa shape index (κ3) is 3.96. The average molecular weight is 460 g/mol. The Labute approximate surface area is 199 Å². The van der Waals surface area contributed by atoms with Crippen LogP contribution < -0.4 is 9.64 Å². The predicted molar refractivity (Wildman–Crippen MR) is 128 cm³/mol. The van der Waals surface area contributed by atoms with Crippen molar-refractivity contribution in [1.82, 2.24) is 14.5 Å². The van der Waals surface area contributed by atoms with Crippen molar-refractivity contribution in [2.75, 3.05) is 18.1 Å². The number of anilines is 1. The van der Waals surface area contributed by atoms with E-state index in [0.29, 0.717) is 24.6 Å². The number of amides is 1. The highest BCUT2D eigenvalue weighted by atomic mass is 16.6. The number of aromatic nitrogens is 3. The van der Waals surface area contributed by atoms with Crippen LogP contribution in [0.1, 0.15) is 50.7 Å². The second kappa shape index (κ2) is 8.32. The van der Waals surface area contributed by atoms with E-state index < -0.39 is 5.60 Å². The minimum absolute atomic E-state index is 0.0725. The molecule has 2 aliphatic rings. The number of rotatable bonds is 5. The minimum atomic E-state index is -0.524. The summed E-state index contributed by atoms with van der Waals surface area (Å²) in [5.74, 6) is 0.559. The number of ether oxygens (including phenoxy) is 2. The number of hydrogen-bond acceptors (Lipinski definition) is 6. The van der Waals surface area contributed by atoms with Crippen LogP contribution in [-0.4, -0.2) is 39.4 Å². The number of imidazole rings is 1. The van der Waals surface area contributed by atoms with Crippen molar-refractivity contribution in [3.63, 3.8) is 0 Å². The zero-order chi connectivity index (χ0) is 23.9. The van der Waals surface area contributed by atoms with Gasteiger partial charge in [0, 0.05) is 12.6 Å². The molecule has 0 unspecified atom stereocenters. The molecular weight excluding hydrogens is 430 g/mol. The van der Waals surface area contributed by atoms with Crippen molar-refractivity contribution in [3.8, 4) is 11.9 Å². The Morgan fingerprint density at radius 1 is 1.26 bits per heavy atom. The fourth-order valence-corrected chi connectivity index (χ4v) is 5.65. The van der Waals surface area contributed by atoms with Crippen molar-refractivity contribution in [2.45, 2.75) is 58.6 Å². The molecule has 1 amide bonds. The van der Waals surface area contributed by atoms with Crippen LogP contribution in [0.5, 0.6) is 5.88 Å². The minimum Gasteiger partial charge on any atom is -0.478 e. The number of fused-ring (bicyclic) bond motifs is 1. The molecule has 8 nitrogen and oxygen atoms in total. The van der Waals surface area contributed by atoms with Gasteiger partial charge in [0.1, 0.15) is 5.60 Å². The highest BCUT2D eigenvalue weighted by Gasteiger charge is 2.52. The SMILES string of the molecule is CCOc1cc(C)c(N2C[C@@]3(CCC[C@](C)(Cn4cnc5ccc(C#N)cc54)C3)OC2=O)cn1. The molecule has 1 saturated carbocycles. The monoisotopic (exact) mass is 459 g/mol. The number of hydrogen-bond donors (Lipinski definition) is 0. The Hall–Kier alpha value is -3.60.